The van der Waals surface area contributed by atoms with Crippen LogP contribution in [0.25, 0.3) is 0 Å². The van der Waals surface area contributed by atoms with Gasteiger partial charge in [0.05, 0.1) is 0 Å². The third-order valence-electron chi connectivity index (χ3n) is 5.68. The molecule has 4 rings (SSSR count). The van der Waals surface area contributed by atoms with Gasteiger partial charge in [-0.15, -0.1) is 28.2 Å². The first kappa shape index (κ1) is 24.8. The van der Waals surface area contributed by atoms with Crippen LogP contribution in [0.5, 0.6) is 0 Å². The number of hydrogen-bond acceptors (Lipinski definition) is 13. The zero-order valence-corrected chi connectivity index (χ0v) is 20.0. The van der Waals surface area contributed by atoms with E-state index >= 15 is 0 Å². The van der Waals surface area contributed by atoms with Crippen LogP contribution in [0.2, 0.25) is 0 Å². The number of β-lactam (4-membered cyclic amide) rings is 1. The lowest BCUT2D eigenvalue weighted by Gasteiger charge is -2.52. The molecule has 0 radical (unpaired) electrons. The molecule has 1 aromatic heterocycles. The molecule has 3 fully saturated rings. The first-order valence-corrected chi connectivity index (χ1v) is 12.4. The number of rotatable bonds is 8. The minimum Gasteiger partial charge on any atom is -0.480 e. The summed E-state index contributed by atoms with van der Waals surface area (Å²) in [5, 5.41) is 38.7. The molecule has 7 N–H and O–H groups in total. The molecular formula is C18H24N10O5S2. The zero-order chi connectivity index (χ0) is 25.0. The predicted octanol–water partition coefficient (Wildman–Crippen LogP) is -2.20. The molecule has 3 atom stereocenters. The van der Waals surface area contributed by atoms with Crippen molar-refractivity contribution in [2.75, 3.05) is 44.2 Å². The predicted molar refractivity (Wildman–Crippen MR) is 129 cm³/mol. The molecule has 188 valence electrons. The number of amides is 2. The molecule has 0 saturated carbocycles. The van der Waals surface area contributed by atoms with Crippen LogP contribution in [0.15, 0.2) is 20.7 Å². The number of hydrazine groups is 1. The second-order valence-electron chi connectivity index (χ2n) is 7.96. The van der Waals surface area contributed by atoms with Crippen LogP contribution in [0.4, 0.5) is 5.13 Å². The second-order valence-corrected chi connectivity index (χ2v) is 9.95. The Bertz CT molecular complexity index is 1070. The Morgan fingerprint density at radius 3 is 2.77 bits per heavy atom. The molecule has 3 saturated heterocycles. The van der Waals surface area contributed by atoms with E-state index in [2.05, 4.69) is 36.4 Å². The molecule has 1 aromatic rings. The fourth-order valence-corrected chi connectivity index (χ4v) is 5.80. The average molecular weight is 525 g/mol. The van der Waals surface area contributed by atoms with Gasteiger partial charge in [-0.25, -0.2) is 9.99 Å². The molecule has 35 heavy (non-hydrogen) atoms. The van der Waals surface area contributed by atoms with Crippen molar-refractivity contribution < 1.29 is 24.7 Å². The Labute approximate surface area is 207 Å². The van der Waals surface area contributed by atoms with E-state index in [0.29, 0.717) is 0 Å². The Balaban J connectivity index is 1.35. The van der Waals surface area contributed by atoms with Crippen molar-refractivity contribution >= 4 is 64.3 Å². The van der Waals surface area contributed by atoms with Crippen molar-refractivity contribution in [3.05, 3.63) is 11.1 Å². The summed E-state index contributed by atoms with van der Waals surface area (Å²) >= 11 is 2.28. The van der Waals surface area contributed by atoms with Gasteiger partial charge >= 0.3 is 5.97 Å². The molecule has 0 spiro atoms. The third-order valence-corrected chi connectivity index (χ3v) is 7.91. The van der Waals surface area contributed by atoms with Crippen LogP contribution in [-0.4, -0.2) is 111 Å². The number of fused-ring (bicyclic) bond motifs is 1. The Hall–Kier alpha value is -3.28. The van der Waals surface area contributed by atoms with E-state index in [1.807, 2.05) is 5.01 Å². The van der Waals surface area contributed by atoms with Gasteiger partial charge in [-0.1, -0.05) is 5.16 Å². The van der Waals surface area contributed by atoms with E-state index < -0.39 is 34.6 Å². The molecule has 0 aliphatic carbocycles. The quantitative estimate of drug-likeness (QED) is 0.0706. The van der Waals surface area contributed by atoms with Crippen LogP contribution in [0, 0.1) is 5.41 Å². The van der Waals surface area contributed by atoms with Crippen molar-refractivity contribution in [3.63, 3.8) is 0 Å². The number of carbonyl (C=O) groups excluding carboxylic acids is 2. The van der Waals surface area contributed by atoms with Gasteiger partial charge in [0.25, 0.3) is 5.91 Å². The molecule has 4 heterocycles. The summed E-state index contributed by atoms with van der Waals surface area (Å²) in [6.07, 6.45) is 2.61. The topological polar surface area (TPSA) is 210 Å². The maximum Gasteiger partial charge on any atom is 0.317 e. The van der Waals surface area contributed by atoms with Crippen molar-refractivity contribution in [2.45, 2.75) is 11.4 Å². The van der Waals surface area contributed by atoms with Crippen molar-refractivity contribution in [1.29, 1.82) is 0 Å². The highest BCUT2D eigenvalue weighted by Crippen LogP contribution is 2.41. The van der Waals surface area contributed by atoms with Gasteiger partial charge in [-0.2, -0.15) is 5.10 Å². The van der Waals surface area contributed by atoms with E-state index in [1.54, 1.807) is 0 Å². The van der Waals surface area contributed by atoms with Gasteiger partial charge in [0.1, 0.15) is 28.9 Å². The molecule has 2 amide bonds. The van der Waals surface area contributed by atoms with Gasteiger partial charge in [0.2, 0.25) is 5.91 Å². The maximum absolute atomic E-state index is 12.7. The van der Waals surface area contributed by atoms with Crippen molar-refractivity contribution in [1.82, 2.24) is 31.0 Å². The number of thioether (sulfide) groups is 1. The van der Waals surface area contributed by atoms with E-state index in [4.69, 9.17) is 5.73 Å². The number of anilines is 1. The highest BCUT2D eigenvalue weighted by molar-refractivity contribution is 8.00. The Morgan fingerprint density at radius 1 is 1.34 bits per heavy atom. The highest BCUT2D eigenvalue weighted by atomic mass is 32.2. The minimum absolute atomic E-state index is 0.0838. The fourth-order valence-electron chi connectivity index (χ4n) is 3.75. The van der Waals surface area contributed by atoms with E-state index in [1.165, 1.54) is 34.6 Å². The molecule has 0 aromatic carbocycles. The van der Waals surface area contributed by atoms with Gasteiger partial charge in [0, 0.05) is 50.1 Å². The van der Waals surface area contributed by atoms with Crippen LogP contribution in [0.1, 0.15) is 5.69 Å². The van der Waals surface area contributed by atoms with E-state index in [0.717, 1.165) is 37.5 Å². The number of carbonyl (C=O) groups is 3. The number of oxime groups is 1. The van der Waals surface area contributed by atoms with Crippen LogP contribution < -0.4 is 21.8 Å². The number of hydrogen-bond donors (Lipinski definition) is 6. The number of aliphatic carboxylic acids is 1. The first-order chi connectivity index (χ1) is 16.8. The zero-order valence-electron chi connectivity index (χ0n) is 18.3. The van der Waals surface area contributed by atoms with E-state index in [-0.39, 0.29) is 28.8 Å². The molecular weight excluding hydrogens is 500 g/mol. The normalized spacial score (nSPS) is 27.6. The molecule has 3 aliphatic heterocycles. The molecule has 17 heteroatoms. The number of nitrogens with two attached hydrogens (primary N) is 1. The van der Waals surface area contributed by atoms with Gasteiger partial charge in [-0.05, 0) is 0 Å². The lowest BCUT2D eigenvalue weighted by molar-refractivity contribution is -0.154. The number of nitrogens with zero attached hydrogens (tertiary/aromatic N) is 6. The maximum atomic E-state index is 12.7. The summed E-state index contributed by atoms with van der Waals surface area (Å²) in [5.74, 6) is -2.25. The number of nitrogen functional groups attached to an aromatic ring is 1. The minimum atomic E-state index is -1.42. The Kier molecular flexibility index (Phi) is 7.48. The first-order valence-electron chi connectivity index (χ1n) is 10.5. The summed E-state index contributed by atoms with van der Waals surface area (Å²) in [6, 6.07) is -0.898. The number of thiazole rings is 1. The third kappa shape index (κ3) is 5.21. The number of nitrogens with one attached hydrogen (secondary N) is 3. The standard InChI is InChI=1S/C18H24N10O5S2/c19-17-24-10(5-34-17)11(26-33)13(29)25-12-14(30)28-7-18(16(31)32,8-35-15(12)28)6-21-22-9-23-27-3-1-20-2-4-27/h5-6,9,12,15,20,33H,1-4,7-8H2,(H2,19,24)(H,22,23)(H,25,29)(H,31,32)/t12?,15-,18?/m1/s1. The van der Waals surface area contributed by atoms with Crippen LogP contribution in [0.3, 0.4) is 0 Å². The van der Waals surface area contributed by atoms with Gasteiger partial charge < -0.3 is 37.0 Å². The summed E-state index contributed by atoms with van der Waals surface area (Å²) in [4.78, 5) is 42.6. The van der Waals surface area contributed by atoms with Crippen LogP contribution in [-0.2, 0) is 14.4 Å². The Morgan fingerprint density at radius 2 is 2.11 bits per heavy atom. The smallest absolute Gasteiger partial charge is 0.317 e. The summed E-state index contributed by atoms with van der Waals surface area (Å²) in [7, 11) is 0. The SMILES string of the molecule is Nc1nc(C(=NO)C(=O)NC2C(=O)N3CC(C=NN=CNN4CCNCC4)(C(=O)O)CS[C@H]23)cs1. The second kappa shape index (κ2) is 10.5. The van der Waals surface area contributed by atoms with Crippen molar-refractivity contribution in [2.24, 2.45) is 20.8 Å². The molecule has 0 bridgehead atoms. The number of piperazine rings is 1. The fraction of sp³-hybridized carbons (Fsp3) is 0.500. The largest absolute Gasteiger partial charge is 0.480 e. The molecule has 15 nitrogen and oxygen atoms in total. The lowest BCUT2D eigenvalue weighted by Crippen LogP contribution is -2.74. The molecule has 3 aliphatic rings. The number of carboxylic acid groups (broad SMARTS) is 1. The summed E-state index contributed by atoms with van der Waals surface area (Å²) in [5.41, 5.74) is 6.82. The van der Waals surface area contributed by atoms with Crippen molar-refractivity contribution in [3.8, 4) is 0 Å². The number of aromatic nitrogens is 1. The summed E-state index contributed by atoms with van der Waals surface area (Å²) in [6.45, 7) is 3.18. The van der Waals surface area contributed by atoms with Crippen LogP contribution >= 0.6 is 23.1 Å². The monoisotopic (exact) mass is 524 g/mol. The van der Waals surface area contributed by atoms with Gasteiger partial charge in [0.15, 0.2) is 10.8 Å². The molecule has 2 unspecified atom stereocenters. The van der Waals surface area contributed by atoms with Gasteiger partial charge in [-0.3, -0.25) is 14.4 Å². The average Bonchev–Trinajstić information content (AvgIpc) is 3.28. The summed E-state index contributed by atoms with van der Waals surface area (Å²) < 4.78 is 0. The lowest BCUT2D eigenvalue weighted by atomic mass is 9.88. The number of carboxylic acids is 1. The van der Waals surface area contributed by atoms with E-state index in [9.17, 15) is 24.7 Å². The highest BCUT2D eigenvalue weighted by Gasteiger charge is 2.57.